The Morgan fingerprint density at radius 3 is 1.97 bits per heavy atom. The highest BCUT2D eigenvalue weighted by molar-refractivity contribution is 5.54. The average molecular weight is 398 g/mol. The van der Waals surface area contributed by atoms with Crippen LogP contribution in [0.2, 0.25) is 0 Å². The van der Waals surface area contributed by atoms with Crippen molar-refractivity contribution in [3.63, 3.8) is 0 Å². The van der Waals surface area contributed by atoms with Gasteiger partial charge in [0.15, 0.2) is 17.9 Å². The largest absolute Gasteiger partial charge is 1.00 e. The first-order chi connectivity index (χ1) is 13.9. The monoisotopic (exact) mass is 397 g/mol. The Balaban J connectivity index is 0.00000181. The van der Waals surface area contributed by atoms with Crippen LogP contribution in [0, 0.1) is 0 Å². The molecule has 2 atom stereocenters. The molecule has 5 heterocycles. The molecule has 0 N–H and O–H groups in total. The molecule has 0 saturated carbocycles. The highest BCUT2D eigenvalue weighted by Crippen LogP contribution is 2.59. The number of nitrogens with zero attached hydrogens (tertiary/aromatic N) is 3. The second kappa shape index (κ2) is 6.78. The molecule has 4 heteroatoms. The van der Waals surface area contributed by atoms with Gasteiger partial charge in [0.1, 0.15) is 0 Å². The van der Waals surface area contributed by atoms with Crippen molar-refractivity contribution in [1.29, 1.82) is 0 Å². The van der Waals surface area contributed by atoms with Crippen molar-refractivity contribution in [1.82, 2.24) is 9.97 Å². The average Bonchev–Trinajstić information content (AvgIpc) is 2.80. The Labute approximate surface area is 176 Å². The zero-order valence-electron chi connectivity index (χ0n) is 15.8. The van der Waals surface area contributed by atoms with Crippen LogP contribution >= 0.6 is 0 Å². The lowest BCUT2D eigenvalue weighted by Crippen LogP contribution is -3.00. The first-order valence-corrected chi connectivity index (χ1v) is 9.79. The van der Waals surface area contributed by atoms with Crippen LogP contribution < -0.4 is 17.0 Å². The van der Waals surface area contributed by atoms with Crippen molar-refractivity contribution in [3.8, 4) is 0 Å². The minimum atomic E-state index is -0.133. The van der Waals surface area contributed by atoms with Gasteiger partial charge in [0.25, 0.3) is 0 Å². The number of hydrogen-bond acceptors (Lipinski definition) is 2. The van der Waals surface area contributed by atoms with Crippen molar-refractivity contribution in [3.05, 3.63) is 126 Å². The molecule has 1 aliphatic carbocycles. The van der Waals surface area contributed by atoms with Crippen LogP contribution in [-0.2, 0) is 5.41 Å². The van der Waals surface area contributed by atoms with E-state index in [1.165, 1.54) is 27.9 Å². The Morgan fingerprint density at radius 2 is 1.31 bits per heavy atom. The molecule has 3 aliphatic rings. The molecule has 142 valence electrons. The number of aromatic nitrogens is 3. The number of benzene rings is 1. The Hall–Kier alpha value is -3.04. The molecule has 2 bridgehead atoms. The maximum atomic E-state index is 4.30. The van der Waals surface area contributed by atoms with Gasteiger partial charge >= 0.3 is 0 Å². The molecular formula is C25H20ClN3. The predicted molar refractivity (Wildman–Crippen MR) is 107 cm³/mol. The van der Waals surface area contributed by atoms with E-state index in [1.807, 2.05) is 24.8 Å². The lowest BCUT2D eigenvalue weighted by Gasteiger charge is -2.49. The summed E-state index contributed by atoms with van der Waals surface area (Å²) in [6.45, 7) is 0. The summed E-state index contributed by atoms with van der Waals surface area (Å²) in [4.78, 5) is 8.60. The highest BCUT2D eigenvalue weighted by Gasteiger charge is 2.59. The van der Waals surface area contributed by atoms with Gasteiger partial charge in [-0.1, -0.05) is 30.3 Å². The topological polar surface area (TPSA) is 29.7 Å². The van der Waals surface area contributed by atoms with E-state index in [0.717, 1.165) is 6.42 Å². The molecule has 1 aromatic carbocycles. The lowest BCUT2D eigenvalue weighted by atomic mass is 9.53. The van der Waals surface area contributed by atoms with Crippen molar-refractivity contribution in [2.45, 2.75) is 23.8 Å². The quantitative estimate of drug-likeness (QED) is 0.476. The van der Waals surface area contributed by atoms with Crippen LogP contribution in [0.15, 0.2) is 97.7 Å². The second-order valence-corrected chi connectivity index (χ2v) is 7.76. The summed E-state index contributed by atoms with van der Waals surface area (Å²) in [6.07, 6.45) is 11.0. The van der Waals surface area contributed by atoms with E-state index in [4.69, 9.17) is 0 Å². The number of rotatable bonds is 2. The van der Waals surface area contributed by atoms with E-state index in [2.05, 4.69) is 87.5 Å². The summed E-state index contributed by atoms with van der Waals surface area (Å²) in [6, 6.07) is 24.7. The third-order valence-electron chi connectivity index (χ3n) is 6.62. The van der Waals surface area contributed by atoms with Crippen LogP contribution in [-0.4, -0.2) is 9.97 Å². The first-order valence-electron chi connectivity index (χ1n) is 9.79. The summed E-state index contributed by atoms with van der Waals surface area (Å²) in [7, 11) is 0. The standard InChI is InChI=1S/C25H20N3.ClH/c1-2-6-21-20(5-1)23-17-25(18-8-12-26-13-9-18,19-10-14-27-15-11-19)24(21)22-7-3-4-16-28(22)23;/h1-16,23-24H,17H2;1H/q+1;/p-1/t23-,24+;/m1./s1. The number of pyridine rings is 3. The Kier molecular flexibility index (Phi) is 4.21. The third-order valence-corrected chi connectivity index (χ3v) is 6.62. The lowest BCUT2D eigenvalue weighted by molar-refractivity contribution is -0.732. The Morgan fingerprint density at radius 1 is 0.724 bits per heavy atom. The van der Waals surface area contributed by atoms with E-state index < -0.39 is 0 Å². The van der Waals surface area contributed by atoms with Gasteiger partial charge in [0.05, 0.1) is 5.92 Å². The smallest absolute Gasteiger partial charge is 0.190 e. The van der Waals surface area contributed by atoms with E-state index in [1.54, 1.807) is 0 Å². The summed E-state index contributed by atoms with van der Waals surface area (Å²) in [5.41, 5.74) is 6.80. The van der Waals surface area contributed by atoms with Crippen molar-refractivity contribution in [2.24, 2.45) is 0 Å². The van der Waals surface area contributed by atoms with Gasteiger partial charge in [0.2, 0.25) is 0 Å². The molecule has 4 aromatic rings. The maximum Gasteiger partial charge on any atom is 0.190 e. The third kappa shape index (κ3) is 2.41. The van der Waals surface area contributed by atoms with Gasteiger partial charge in [-0.25, -0.2) is 0 Å². The summed E-state index contributed by atoms with van der Waals surface area (Å²) >= 11 is 0. The van der Waals surface area contributed by atoms with Crippen LogP contribution in [0.1, 0.15) is 46.3 Å². The Bertz CT molecular complexity index is 1070. The number of hydrogen-bond donors (Lipinski definition) is 0. The molecule has 0 spiro atoms. The van der Waals surface area contributed by atoms with Gasteiger partial charge in [0, 0.05) is 54.3 Å². The summed E-state index contributed by atoms with van der Waals surface area (Å²) in [5, 5.41) is 0. The van der Waals surface area contributed by atoms with Crippen LogP contribution in [0.25, 0.3) is 0 Å². The molecule has 0 unspecified atom stereocenters. The minimum Gasteiger partial charge on any atom is -1.00 e. The van der Waals surface area contributed by atoms with Crippen molar-refractivity contribution < 1.29 is 17.0 Å². The van der Waals surface area contributed by atoms with Crippen LogP contribution in [0.3, 0.4) is 0 Å². The second-order valence-electron chi connectivity index (χ2n) is 7.76. The fourth-order valence-corrected chi connectivity index (χ4v) is 5.57. The van der Waals surface area contributed by atoms with Crippen molar-refractivity contribution >= 4 is 0 Å². The van der Waals surface area contributed by atoms with E-state index in [-0.39, 0.29) is 23.7 Å². The van der Waals surface area contributed by atoms with Crippen LogP contribution in [0.4, 0.5) is 0 Å². The van der Waals surface area contributed by atoms with Gasteiger partial charge in [-0.3, -0.25) is 9.97 Å². The van der Waals surface area contributed by atoms with E-state index in [9.17, 15) is 0 Å². The zero-order chi connectivity index (χ0) is 18.6. The molecule has 0 amide bonds. The normalized spacial score (nSPS) is 20.3. The molecule has 2 aliphatic heterocycles. The fraction of sp³-hybridized carbons (Fsp3) is 0.160. The first kappa shape index (κ1) is 18.0. The van der Waals surface area contributed by atoms with Crippen LogP contribution in [0.5, 0.6) is 0 Å². The molecule has 3 nitrogen and oxygen atoms in total. The van der Waals surface area contributed by atoms with Crippen molar-refractivity contribution in [2.75, 3.05) is 0 Å². The molecule has 0 fully saturated rings. The molecule has 7 rings (SSSR count). The molecule has 0 radical (unpaired) electrons. The van der Waals surface area contributed by atoms with E-state index in [0.29, 0.717) is 6.04 Å². The predicted octanol–water partition coefficient (Wildman–Crippen LogP) is 1.19. The SMILES string of the molecule is [Cl-].c1ccc2c(c1)[C@H]1c3cccc[n+]3[C@@H]2CC1(c1ccncc1)c1ccncc1. The molecular weight excluding hydrogens is 378 g/mol. The number of halogens is 1. The fourth-order valence-electron chi connectivity index (χ4n) is 5.57. The highest BCUT2D eigenvalue weighted by atomic mass is 35.5. The van der Waals surface area contributed by atoms with Gasteiger partial charge in [-0.05, 0) is 41.0 Å². The summed E-state index contributed by atoms with van der Waals surface area (Å²) in [5.74, 6) is 0.250. The number of fused-ring (bicyclic) bond motifs is 1. The maximum absolute atomic E-state index is 4.30. The summed E-state index contributed by atoms with van der Waals surface area (Å²) < 4.78 is 2.48. The molecule has 3 aromatic heterocycles. The van der Waals surface area contributed by atoms with E-state index >= 15 is 0 Å². The van der Waals surface area contributed by atoms with Gasteiger partial charge in [-0.15, -0.1) is 0 Å². The zero-order valence-corrected chi connectivity index (χ0v) is 16.6. The minimum absolute atomic E-state index is 0. The molecule has 0 saturated heterocycles. The van der Waals surface area contributed by atoms with Gasteiger partial charge in [-0.2, -0.15) is 4.57 Å². The van der Waals surface area contributed by atoms with Gasteiger partial charge < -0.3 is 12.4 Å². The molecule has 29 heavy (non-hydrogen) atoms.